The third-order valence-electron chi connectivity index (χ3n) is 3.29. The van der Waals surface area contributed by atoms with E-state index in [0.29, 0.717) is 4.91 Å². The number of likely N-dealkylation sites (N-methyl/N-ethyl adjacent to an activating group) is 1. The summed E-state index contributed by atoms with van der Waals surface area (Å²) in [7, 11) is 1.75. The molecule has 0 aliphatic carbocycles. The average Bonchev–Trinajstić information content (AvgIpc) is 3.02. The number of hydrogen-bond donors (Lipinski definition) is 1. The molecule has 2 aromatic rings. The van der Waals surface area contributed by atoms with Gasteiger partial charge in [-0.15, -0.1) is 12.6 Å². The highest BCUT2D eigenvalue weighted by atomic mass is 32.2. The van der Waals surface area contributed by atoms with Crippen LogP contribution < -0.4 is 0 Å². The third-order valence-corrected chi connectivity index (χ3v) is 5.03. The van der Waals surface area contributed by atoms with E-state index in [1.165, 1.54) is 17.3 Å². The highest BCUT2D eigenvalue weighted by Crippen LogP contribution is 2.36. The van der Waals surface area contributed by atoms with Crippen molar-refractivity contribution in [2.75, 3.05) is 7.05 Å². The topological polar surface area (TPSA) is 38.1 Å². The first-order chi connectivity index (χ1) is 10.0. The monoisotopic (exact) mass is 317 g/mol. The van der Waals surface area contributed by atoms with Crippen molar-refractivity contribution in [3.05, 3.63) is 52.7 Å². The van der Waals surface area contributed by atoms with Crippen LogP contribution in [0.25, 0.3) is 11.8 Å². The molecule has 3 rings (SSSR count). The molecule has 1 fully saturated rings. The smallest absolute Gasteiger partial charge is 0.261 e. The van der Waals surface area contributed by atoms with Gasteiger partial charge in [-0.3, -0.25) is 4.79 Å². The van der Waals surface area contributed by atoms with Gasteiger partial charge in [0.05, 0.1) is 16.8 Å². The van der Waals surface area contributed by atoms with Gasteiger partial charge in [0.2, 0.25) is 0 Å². The predicted octanol–water partition coefficient (Wildman–Crippen LogP) is 2.94. The second-order valence-electron chi connectivity index (χ2n) is 4.92. The summed E-state index contributed by atoms with van der Waals surface area (Å²) in [6.07, 6.45) is 5.53. The van der Waals surface area contributed by atoms with E-state index in [2.05, 4.69) is 24.7 Å². The van der Waals surface area contributed by atoms with Crippen LogP contribution in [0.5, 0.6) is 0 Å². The minimum Gasteiger partial charge on any atom is -0.320 e. The van der Waals surface area contributed by atoms with Gasteiger partial charge in [0.1, 0.15) is 4.71 Å². The number of hydrogen-bond acceptors (Lipinski definition) is 4. The standard InChI is InChI=1S/C15H15N3OS2/c1-10-3-5-12(6-4-10)18-9-11(8-16-18)7-13-14(19)17(2)15(20)21-13/h3-9,15,20H,1-2H3/b13-7-. The molecular formula is C15H15N3OS2. The van der Waals surface area contributed by atoms with Crippen LogP contribution in [0, 0.1) is 6.92 Å². The second kappa shape index (κ2) is 5.61. The van der Waals surface area contributed by atoms with E-state index < -0.39 is 0 Å². The summed E-state index contributed by atoms with van der Waals surface area (Å²) in [5.41, 5.74) is 3.12. The van der Waals surface area contributed by atoms with Crippen LogP contribution in [0.2, 0.25) is 0 Å². The number of thiol groups is 1. The molecule has 1 saturated heterocycles. The van der Waals surface area contributed by atoms with Gasteiger partial charge in [0, 0.05) is 18.8 Å². The molecule has 1 aliphatic rings. The summed E-state index contributed by atoms with van der Waals surface area (Å²) in [4.78, 5) is 14.3. The lowest BCUT2D eigenvalue weighted by molar-refractivity contribution is -0.123. The van der Waals surface area contributed by atoms with Crippen LogP contribution in [0.3, 0.4) is 0 Å². The molecule has 2 heterocycles. The summed E-state index contributed by atoms with van der Waals surface area (Å²) in [5.74, 6) is 0.00286. The van der Waals surface area contributed by atoms with Gasteiger partial charge >= 0.3 is 0 Å². The van der Waals surface area contributed by atoms with Crippen molar-refractivity contribution >= 4 is 36.4 Å². The predicted molar refractivity (Wildman–Crippen MR) is 89.4 cm³/mol. The Kier molecular flexibility index (Phi) is 3.82. The molecule has 0 saturated carbocycles. The molecule has 1 unspecified atom stereocenters. The minimum atomic E-state index is -0.115. The molecule has 4 nitrogen and oxygen atoms in total. The van der Waals surface area contributed by atoms with E-state index in [4.69, 9.17) is 0 Å². The fourth-order valence-electron chi connectivity index (χ4n) is 2.01. The van der Waals surface area contributed by atoms with E-state index in [-0.39, 0.29) is 10.6 Å². The maximum atomic E-state index is 12.0. The van der Waals surface area contributed by atoms with Crippen LogP contribution >= 0.6 is 24.4 Å². The Morgan fingerprint density at radius 1 is 1.33 bits per heavy atom. The molecule has 1 aliphatic heterocycles. The van der Waals surface area contributed by atoms with Crippen molar-refractivity contribution in [2.45, 2.75) is 11.6 Å². The zero-order valence-electron chi connectivity index (χ0n) is 11.7. The zero-order valence-corrected chi connectivity index (χ0v) is 13.4. The SMILES string of the molecule is Cc1ccc(-n2cc(/C=C3\SC(S)N(C)C3=O)cn2)cc1. The van der Waals surface area contributed by atoms with E-state index in [1.54, 1.807) is 22.8 Å². The molecule has 0 bridgehead atoms. The molecule has 1 aromatic carbocycles. The van der Waals surface area contributed by atoms with E-state index in [9.17, 15) is 4.79 Å². The molecule has 0 radical (unpaired) electrons. The summed E-state index contributed by atoms with van der Waals surface area (Å²) in [6, 6.07) is 8.14. The molecule has 1 aromatic heterocycles. The lowest BCUT2D eigenvalue weighted by Crippen LogP contribution is -2.23. The quantitative estimate of drug-likeness (QED) is 0.683. The molecule has 0 N–H and O–H groups in total. The summed E-state index contributed by atoms with van der Waals surface area (Å²) >= 11 is 5.80. The fraction of sp³-hybridized carbons (Fsp3) is 0.200. The largest absolute Gasteiger partial charge is 0.320 e. The number of rotatable bonds is 2. The Morgan fingerprint density at radius 3 is 2.67 bits per heavy atom. The number of carbonyl (C=O) groups excluding carboxylic acids is 1. The Bertz CT molecular complexity index is 706. The van der Waals surface area contributed by atoms with E-state index >= 15 is 0 Å². The normalized spacial score (nSPS) is 20.5. The Hall–Kier alpha value is -1.66. The van der Waals surface area contributed by atoms with Gasteiger partial charge in [-0.1, -0.05) is 29.5 Å². The first-order valence-electron chi connectivity index (χ1n) is 6.50. The lowest BCUT2D eigenvalue weighted by atomic mass is 10.2. The van der Waals surface area contributed by atoms with Crippen molar-refractivity contribution in [2.24, 2.45) is 0 Å². The second-order valence-corrected chi connectivity index (χ2v) is 6.88. The number of nitrogens with zero attached hydrogens (tertiary/aromatic N) is 3. The maximum Gasteiger partial charge on any atom is 0.261 e. The van der Waals surface area contributed by atoms with Crippen LogP contribution in [-0.2, 0) is 4.79 Å². The Balaban J connectivity index is 1.86. The summed E-state index contributed by atoms with van der Waals surface area (Å²) < 4.78 is 1.69. The van der Waals surface area contributed by atoms with Crippen molar-refractivity contribution in [1.29, 1.82) is 0 Å². The van der Waals surface area contributed by atoms with Gasteiger partial charge < -0.3 is 4.90 Å². The van der Waals surface area contributed by atoms with Crippen molar-refractivity contribution in [3.63, 3.8) is 0 Å². The number of benzene rings is 1. The molecule has 108 valence electrons. The number of aryl methyl sites for hydroxylation is 1. The van der Waals surface area contributed by atoms with Gasteiger partial charge in [-0.25, -0.2) is 4.68 Å². The number of thioether (sulfide) groups is 1. The van der Waals surface area contributed by atoms with E-state index in [0.717, 1.165) is 11.3 Å². The molecule has 6 heteroatoms. The van der Waals surface area contributed by atoms with Crippen LogP contribution in [0.1, 0.15) is 11.1 Å². The first kappa shape index (κ1) is 14.3. The first-order valence-corrected chi connectivity index (χ1v) is 7.89. The number of amides is 1. The zero-order chi connectivity index (χ0) is 15.0. The molecule has 1 atom stereocenters. The highest BCUT2D eigenvalue weighted by molar-refractivity contribution is 8.14. The van der Waals surface area contributed by atoms with Crippen molar-refractivity contribution < 1.29 is 4.79 Å². The van der Waals surface area contributed by atoms with Gasteiger partial charge in [-0.2, -0.15) is 5.10 Å². The lowest BCUT2D eigenvalue weighted by Gasteiger charge is -2.10. The summed E-state index contributed by atoms with van der Waals surface area (Å²) in [6.45, 7) is 2.05. The number of carbonyl (C=O) groups is 1. The van der Waals surface area contributed by atoms with Gasteiger partial charge in [0.15, 0.2) is 0 Å². The number of aromatic nitrogens is 2. The molecular weight excluding hydrogens is 302 g/mol. The van der Waals surface area contributed by atoms with Crippen LogP contribution in [-0.4, -0.2) is 32.3 Å². The highest BCUT2D eigenvalue weighted by Gasteiger charge is 2.30. The van der Waals surface area contributed by atoms with Gasteiger partial charge in [0.25, 0.3) is 5.91 Å². The van der Waals surface area contributed by atoms with Gasteiger partial charge in [-0.05, 0) is 25.1 Å². The average molecular weight is 317 g/mol. The Labute approximate surface area is 133 Å². The Morgan fingerprint density at radius 2 is 2.05 bits per heavy atom. The van der Waals surface area contributed by atoms with E-state index in [1.807, 2.05) is 36.5 Å². The van der Waals surface area contributed by atoms with Crippen LogP contribution in [0.15, 0.2) is 41.6 Å². The molecule has 21 heavy (non-hydrogen) atoms. The molecule has 0 spiro atoms. The van der Waals surface area contributed by atoms with Crippen molar-refractivity contribution in [1.82, 2.24) is 14.7 Å². The fourth-order valence-corrected chi connectivity index (χ4v) is 3.39. The maximum absolute atomic E-state index is 12.0. The third kappa shape index (κ3) is 2.87. The summed E-state index contributed by atoms with van der Waals surface area (Å²) in [5, 5.41) is 4.34. The minimum absolute atomic E-state index is 0.00286. The van der Waals surface area contributed by atoms with Crippen molar-refractivity contribution in [3.8, 4) is 5.69 Å². The van der Waals surface area contributed by atoms with Crippen LogP contribution in [0.4, 0.5) is 0 Å². The molecule has 1 amide bonds.